The van der Waals surface area contributed by atoms with Crippen molar-refractivity contribution in [2.24, 2.45) is 0 Å². The monoisotopic (exact) mass is 640 g/mol. The van der Waals surface area contributed by atoms with E-state index < -0.39 is 56.7 Å². The maximum atomic E-state index is 13.4. The summed E-state index contributed by atoms with van der Waals surface area (Å²) in [6.45, 7) is 6.91. The highest BCUT2D eigenvalue weighted by Crippen LogP contribution is 2.32. The summed E-state index contributed by atoms with van der Waals surface area (Å²) in [7, 11) is -0.00239. The highest BCUT2D eigenvalue weighted by Gasteiger charge is 2.53. The van der Waals surface area contributed by atoms with Gasteiger partial charge in [0.05, 0.1) is 29.7 Å². The molecule has 0 unspecified atom stereocenters. The summed E-state index contributed by atoms with van der Waals surface area (Å²) in [4.78, 5) is 40.1. The molecule has 0 N–H and O–H groups in total. The first-order valence-corrected chi connectivity index (χ1v) is 18.5. The molecule has 0 aliphatic carbocycles. The molecule has 44 heavy (non-hydrogen) atoms. The van der Waals surface area contributed by atoms with E-state index in [2.05, 4.69) is 19.6 Å². The van der Waals surface area contributed by atoms with Gasteiger partial charge in [0.2, 0.25) is 0 Å². The van der Waals surface area contributed by atoms with Gasteiger partial charge in [-0.3, -0.25) is 0 Å². The molecule has 1 heterocycles. The Hall–Kier alpha value is -3.70. The maximum Gasteiger partial charge on any atom is 0.338 e. The molecule has 234 valence electrons. The molecule has 3 aromatic rings. The fraction of sp³-hybridized carbons (Fsp3) is 0.364. The van der Waals surface area contributed by atoms with Crippen molar-refractivity contribution in [2.75, 3.05) is 19.6 Å². The van der Waals surface area contributed by atoms with Gasteiger partial charge < -0.3 is 28.4 Å². The standard InChI is InChI=1S/C33H37ClO9Si/c1-38-25-17-15-24(16-18-25)32(37)41-27-26(21-34)40-33(39-19-20-44(2,3)4)29(43-31(36)23-13-9-6-10-14-23)28(27)42-30(35)22-11-7-5-8-12-22/h5-18,26-29,33H,19-21H2,1-4H3/t26-,27+,28+,29-,33-/m1/s1. The predicted octanol–water partition coefficient (Wildman–Crippen LogP) is 5.99. The van der Waals surface area contributed by atoms with Crippen LogP contribution < -0.4 is 4.74 Å². The van der Waals surface area contributed by atoms with Crippen LogP contribution in [0.2, 0.25) is 25.7 Å². The van der Waals surface area contributed by atoms with Gasteiger partial charge in [0, 0.05) is 14.7 Å². The summed E-state index contributed by atoms with van der Waals surface area (Å²) in [6, 6.07) is 23.8. The number of hydrogen-bond donors (Lipinski definition) is 0. The summed E-state index contributed by atoms with van der Waals surface area (Å²) in [5, 5.41) is 0. The van der Waals surface area contributed by atoms with Crippen LogP contribution in [0.15, 0.2) is 84.9 Å². The Labute approximate surface area is 263 Å². The number of rotatable bonds is 12. The van der Waals surface area contributed by atoms with E-state index in [-0.39, 0.29) is 22.6 Å². The number of hydrogen-bond acceptors (Lipinski definition) is 9. The minimum atomic E-state index is -1.52. The van der Waals surface area contributed by atoms with Gasteiger partial charge >= 0.3 is 17.9 Å². The van der Waals surface area contributed by atoms with Crippen molar-refractivity contribution in [3.8, 4) is 5.75 Å². The fourth-order valence-corrected chi connectivity index (χ4v) is 5.45. The molecule has 0 amide bonds. The van der Waals surface area contributed by atoms with E-state index in [4.69, 9.17) is 40.0 Å². The van der Waals surface area contributed by atoms with E-state index in [1.807, 2.05) is 0 Å². The van der Waals surface area contributed by atoms with E-state index in [0.717, 1.165) is 6.04 Å². The first-order valence-electron chi connectivity index (χ1n) is 14.3. The Kier molecular flexibility index (Phi) is 11.6. The van der Waals surface area contributed by atoms with E-state index in [0.29, 0.717) is 12.4 Å². The molecule has 5 atom stereocenters. The number of halogens is 1. The van der Waals surface area contributed by atoms with Gasteiger partial charge in [-0.25, -0.2) is 14.4 Å². The number of carbonyl (C=O) groups is 3. The number of carbonyl (C=O) groups excluding carboxylic acids is 3. The van der Waals surface area contributed by atoms with Crippen molar-refractivity contribution in [3.63, 3.8) is 0 Å². The number of esters is 3. The number of alkyl halides is 1. The summed E-state index contributed by atoms with van der Waals surface area (Å²) in [5.74, 6) is -1.70. The lowest BCUT2D eigenvalue weighted by Gasteiger charge is -2.44. The van der Waals surface area contributed by atoms with Gasteiger partial charge in [-0.15, -0.1) is 11.6 Å². The largest absolute Gasteiger partial charge is 0.497 e. The second-order valence-electron chi connectivity index (χ2n) is 11.4. The van der Waals surface area contributed by atoms with Crippen LogP contribution in [-0.2, 0) is 23.7 Å². The summed E-state index contributed by atoms with van der Waals surface area (Å²) in [5.41, 5.74) is 0.748. The fourth-order valence-electron chi connectivity index (χ4n) is 4.47. The Bertz CT molecular complexity index is 1380. The van der Waals surface area contributed by atoms with E-state index in [9.17, 15) is 14.4 Å². The lowest BCUT2D eigenvalue weighted by atomic mass is 9.98. The Morgan fingerprint density at radius 3 is 1.66 bits per heavy atom. The van der Waals surface area contributed by atoms with E-state index in [1.165, 1.54) is 7.11 Å². The predicted molar refractivity (Wildman–Crippen MR) is 167 cm³/mol. The molecule has 9 nitrogen and oxygen atoms in total. The van der Waals surface area contributed by atoms with Gasteiger partial charge in [-0.05, 0) is 54.6 Å². The first-order chi connectivity index (χ1) is 21.1. The van der Waals surface area contributed by atoms with Gasteiger partial charge in [-0.1, -0.05) is 56.0 Å². The number of benzene rings is 3. The molecule has 0 spiro atoms. The van der Waals surface area contributed by atoms with Crippen molar-refractivity contribution in [1.29, 1.82) is 0 Å². The van der Waals surface area contributed by atoms with E-state index in [1.54, 1.807) is 84.9 Å². The summed E-state index contributed by atoms with van der Waals surface area (Å²) >= 11 is 6.35. The smallest absolute Gasteiger partial charge is 0.338 e. The Balaban J connectivity index is 1.71. The Morgan fingerprint density at radius 1 is 0.705 bits per heavy atom. The van der Waals surface area contributed by atoms with Crippen molar-refractivity contribution in [3.05, 3.63) is 102 Å². The molecule has 1 aliphatic heterocycles. The molecule has 0 radical (unpaired) electrons. The lowest BCUT2D eigenvalue weighted by molar-refractivity contribution is -0.288. The van der Waals surface area contributed by atoms with Gasteiger partial charge in [0.1, 0.15) is 11.9 Å². The quantitative estimate of drug-likeness (QED) is 0.102. The molecular weight excluding hydrogens is 604 g/mol. The highest BCUT2D eigenvalue weighted by atomic mass is 35.5. The Morgan fingerprint density at radius 2 is 1.18 bits per heavy atom. The van der Waals surface area contributed by atoms with Crippen molar-refractivity contribution < 1.29 is 42.8 Å². The molecule has 4 rings (SSSR count). The van der Waals surface area contributed by atoms with Crippen LogP contribution in [0.25, 0.3) is 0 Å². The third-order valence-electron chi connectivity index (χ3n) is 6.95. The van der Waals surface area contributed by atoms with E-state index >= 15 is 0 Å². The number of ether oxygens (including phenoxy) is 6. The molecule has 0 aromatic heterocycles. The average Bonchev–Trinajstić information content (AvgIpc) is 3.03. The molecule has 1 fully saturated rings. The maximum absolute atomic E-state index is 13.4. The van der Waals surface area contributed by atoms with Gasteiger partial charge in [-0.2, -0.15) is 0 Å². The van der Waals surface area contributed by atoms with Crippen LogP contribution in [0.3, 0.4) is 0 Å². The first kappa shape index (κ1) is 33.2. The second kappa shape index (κ2) is 15.3. The van der Waals surface area contributed by atoms with Gasteiger partial charge in [0.25, 0.3) is 0 Å². The molecular formula is C33H37ClO9Si. The second-order valence-corrected chi connectivity index (χ2v) is 17.4. The van der Waals surface area contributed by atoms with Crippen LogP contribution >= 0.6 is 11.6 Å². The lowest BCUT2D eigenvalue weighted by Crippen LogP contribution is -2.62. The zero-order valence-electron chi connectivity index (χ0n) is 25.1. The van der Waals surface area contributed by atoms with Crippen molar-refractivity contribution >= 4 is 37.6 Å². The highest BCUT2D eigenvalue weighted by molar-refractivity contribution is 6.76. The zero-order valence-corrected chi connectivity index (χ0v) is 26.9. The molecule has 3 aromatic carbocycles. The zero-order chi connectivity index (χ0) is 31.7. The van der Waals surface area contributed by atoms with Crippen LogP contribution in [0, 0.1) is 0 Å². The minimum Gasteiger partial charge on any atom is -0.497 e. The average molecular weight is 641 g/mol. The van der Waals surface area contributed by atoms with Crippen molar-refractivity contribution in [2.45, 2.75) is 56.4 Å². The normalized spacial score (nSPS) is 21.6. The van der Waals surface area contributed by atoms with Crippen molar-refractivity contribution in [1.82, 2.24) is 0 Å². The van der Waals surface area contributed by atoms with Crippen LogP contribution in [-0.4, -0.2) is 76.3 Å². The SMILES string of the molecule is COc1ccc(C(=O)O[C@@H]2[C@H](OC(=O)c3ccccc3)[C@@H](OC(=O)c3ccccc3)[C@H](OCC[Si](C)(C)C)O[C@@H]2CCl)cc1. The molecule has 11 heteroatoms. The van der Waals surface area contributed by atoms with Crippen LogP contribution in [0.4, 0.5) is 0 Å². The molecule has 0 bridgehead atoms. The number of methoxy groups -OCH3 is 1. The van der Waals surface area contributed by atoms with Crippen LogP contribution in [0.5, 0.6) is 5.75 Å². The third-order valence-corrected chi connectivity index (χ3v) is 8.96. The minimum absolute atomic E-state index is 0.132. The molecule has 1 saturated heterocycles. The third kappa shape index (κ3) is 8.92. The van der Waals surface area contributed by atoms with Crippen LogP contribution in [0.1, 0.15) is 31.1 Å². The topological polar surface area (TPSA) is 107 Å². The summed E-state index contributed by atoms with van der Waals surface area (Å²) < 4.78 is 35.4. The molecule has 1 aliphatic rings. The summed E-state index contributed by atoms with van der Waals surface area (Å²) in [6.07, 6.45) is -6.00. The van der Waals surface area contributed by atoms with Gasteiger partial charge in [0.15, 0.2) is 24.6 Å². The molecule has 0 saturated carbocycles.